The second kappa shape index (κ2) is 5.94. The van der Waals surface area contributed by atoms with Crippen molar-refractivity contribution in [2.45, 2.75) is 37.5 Å². The van der Waals surface area contributed by atoms with Crippen LogP contribution in [0.15, 0.2) is 33.7 Å². The van der Waals surface area contributed by atoms with E-state index >= 15 is 0 Å². The molecule has 1 aromatic carbocycles. The summed E-state index contributed by atoms with van der Waals surface area (Å²) in [6, 6.07) is 5.27. The fourth-order valence-electron chi connectivity index (χ4n) is 2.95. The molecule has 26 heavy (non-hydrogen) atoms. The number of aromatic amines is 1. The number of hydrogen-bond donors (Lipinski definition) is 2. The van der Waals surface area contributed by atoms with Crippen molar-refractivity contribution in [3.63, 3.8) is 0 Å². The Morgan fingerprint density at radius 2 is 2.04 bits per heavy atom. The maximum absolute atomic E-state index is 13.4. The molecule has 0 spiro atoms. The largest absolute Gasteiger partial charge is 0.361 e. The molecule has 0 saturated heterocycles. The van der Waals surface area contributed by atoms with E-state index < -0.39 is 15.8 Å². The van der Waals surface area contributed by atoms with E-state index in [1.807, 2.05) is 0 Å². The third-order valence-electron chi connectivity index (χ3n) is 4.26. The summed E-state index contributed by atoms with van der Waals surface area (Å²) in [6.07, 6.45) is 2.02. The summed E-state index contributed by atoms with van der Waals surface area (Å²) in [7, 11) is -3.99. The lowest BCUT2D eigenvalue weighted by atomic mass is 10.2. The molecule has 4 rings (SSSR count). The van der Waals surface area contributed by atoms with Crippen LogP contribution < -0.4 is 4.72 Å². The molecule has 1 saturated carbocycles. The predicted molar refractivity (Wildman–Crippen MR) is 92.7 cm³/mol. The number of sulfonamides is 1. The zero-order chi connectivity index (χ0) is 18.5. The molecule has 2 aromatic heterocycles. The Morgan fingerprint density at radius 3 is 2.73 bits per heavy atom. The van der Waals surface area contributed by atoms with E-state index in [1.165, 1.54) is 18.2 Å². The topological polar surface area (TPSA) is 101 Å². The van der Waals surface area contributed by atoms with Crippen LogP contribution in [0, 0.1) is 19.7 Å². The molecule has 0 unspecified atom stereocenters. The molecule has 7 nitrogen and oxygen atoms in total. The van der Waals surface area contributed by atoms with E-state index in [0.717, 1.165) is 18.9 Å². The number of nitrogens with one attached hydrogen (secondary N) is 2. The average molecular weight is 376 g/mol. The van der Waals surface area contributed by atoms with Crippen molar-refractivity contribution in [1.82, 2.24) is 15.1 Å². The second-order valence-electron chi connectivity index (χ2n) is 6.43. The lowest BCUT2D eigenvalue weighted by Crippen LogP contribution is -2.14. The summed E-state index contributed by atoms with van der Waals surface area (Å²) < 4.78 is 47.0. The molecule has 2 heterocycles. The highest BCUT2D eigenvalue weighted by molar-refractivity contribution is 7.93. The van der Waals surface area contributed by atoms with Crippen molar-refractivity contribution in [3.8, 4) is 11.5 Å². The lowest BCUT2D eigenvalue weighted by molar-refractivity contribution is 0.421. The van der Waals surface area contributed by atoms with Gasteiger partial charge < -0.3 is 9.51 Å². The Kier molecular flexibility index (Phi) is 3.83. The second-order valence-corrected chi connectivity index (χ2v) is 8.05. The van der Waals surface area contributed by atoms with E-state index in [1.54, 1.807) is 13.8 Å². The monoisotopic (exact) mass is 376 g/mol. The summed E-state index contributed by atoms with van der Waals surface area (Å²) in [4.78, 5) is 7.39. The fraction of sp³-hybridized carbons (Fsp3) is 0.294. The van der Waals surface area contributed by atoms with E-state index in [-0.39, 0.29) is 16.5 Å². The van der Waals surface area contributed by atoms with Gasteiger partial charge in [-0.2, -0.15) is 4.98 Å². The number of H-pyrrole nitrogens is 1. The predicted octanol–water partition coefficient (Wildman–Crippen LogP) is 3.50. The van der Waals surface area contributed by atoms with Gasteiger partial charge in [-0.1, -0.05) is 11.2 Å². The van der Waals surface area contributed by atoms with Gasteiger partial charge in [0.25, 0.3) is 15.9 Å². The summed E-state index contributed by atoms with van der Waals surface area (Å²) in [5.74, 6) is 0.518. The highest BCUT2D eigenvalue weighted by atomic mass is 32.2. The molecule has 1 fully saturated rings. The van der Waals surface area contributed by atoms with E-state index in [0.29, 0.717) is 28.7 Å². The third-order valence-corrected chi connectivity index (χ3v) is 5.81. The van der Waals surface area contributed by atoms with Crippen molar-refractivity contribution >= 4 is 15.7 Å². The van der Waals surface area contributed by atoms with Gasteiger partial charge in [-0.25, -0.2) is 12.8 Å². The first-order valence-electron chi connectivity index (χ1n) is 8.16. The van der Waals surface area contributed by atoms with E-state index in [2.05, 4.69) is 19.8 Å². The Balaban J connectivity index is 1.77. The Bertz CT molecular complexity index is 1080. The van der Waals surface area contributed by atoms with Crippen LogP contribution in [0.2, 0.25) is 0 Å². The molecule has 2 N–H and O–H groups in total. The van der Waals surface area contributed by atoms with Gasteiger partial charge in [0.05, 0.1) is 11.3 Å². The van der Waals surface area contributed by atoms with E-state index in [4.69, 9.17) is 4.52 Å². The van der Waals surface area contributed by atoms with Crippen LogP contribution in [-0.4, -0.2) is 23.5 Å². The zero-order valence-corrected chi connectivity index (χ0v) is 15.0. The molecule has 3 aromatic rings. The van der Waals surface area contributed by atoms with Crippen LogP contribution in [0.25, 0.3) is 11.5 Å². The number of anilines is 1. The third kappa shape index (κ3) is 2.98. The SMILES string of the molecule is Cc1[nH]c(C)c(S(=O)(=O)Nc2cccc(F)c2)c1-c1nc(C2CC2)no1. The Hall–Kier alpha value is -2.68. The molecule has 0 aliphatic heterocycles. The minimum absolute atomic E-state index is 0.0188. The summed E-state index contributed by atoms with van der Waals surface area (Å²) in [5, 5.41) is 3.96. The molecular formula is C17H17FN4O3S. The normalized spacial score (nSPS) is 14.6. The van der Waals surface area contributed by atoms with E-state index in [9.17, 15) is 12.8 Å². The first-order valence-corrected chi connectivity index (χ1v) is 9.65. The minimum atomic E-state index is -3.99. The number of hydrogen-bond acceptors (Lipinski definition) is 5. The van der Waals surface area contributed by atoms with Crippen molar-refractivity contribution in [3.05, 3.63) is 47.3 Å². The van der Waals surface area contributed by atoms with Gasteiger partial charge in [-0.05, 0) is 44.9 Å². The number of aryl methyl sites for hydroxylation is 2. The zero-order valence-electron chi connectivity index (χ0n) is 14.2. The summed E-state index contributed by atoms with van der Waals surface area (Å²) >= 11 is 0. The quantitative estimate of drug-likeness (QED) is 0.710. The number of halogens is 1. The van der Waals surface area contributed by atoms with Crippen molar-refractivity contribution in [2.24, 2.45) is 0 Å². The van der Waals surface area contributed by atoms with Gasteiger partial charge in [0.15, 0.2) is 5.82 Å². The van der Waals surface area contributed by atoms with Gasteiger partial charge in [-0.15, -0.1) is 0 Å². The van der Waals surface area contributed by atoms with Gasteiger partial charge in [-0.3, -0.25) is 4.72 Å². The first-order chi connectivity index (χ1) is 12.3. The van der Waals surface area contributed by atoms with Crippen molar-refractivity contribution in [2.75, 3.05) is 4.72 Å². The number of rotatable bonds is 5. The van der Waals surface area contributed by atoms with Crippen molar-refractivity contribution < 1.29 is 17.3 Å². The minimum Gasteiger partial charge on any atom is -0.361 e. The maximum Gasteiger partial charge on any atom is 0.264 e. The first kappa shape index (κ1) is 16.8. The van der Waals surface area contributed by atoms with Gasteiger partial charge >= 0.3 is 0 Å². The van der Waals surface area contributed by atoms with Crippen LogP contribution in [0.3, 0.4) is 0 Å². The molecule has 0 bridgehead atoms. The number of nitrogens with zero attached hydrogens (tertiary/aromatic N) is 2. The van der Waals surface area contributed by atoms with Crippen LogP contribution in [0.1, 0.15) is 36.0 Å². The van der Waals surface area contributed by atoms with Gasteiger partial charge in [0, 0.05) is 17.3 Å². The fourth-order valence-corrected chi connectivity index (χ4v) is 4.46. The standard InChI is InChI=1S/C17H17FN4O3S/c1-9-14(17-20-16(21-25-17)11-6-7-11)15(10(2)19-9)26(23,24)22-13-5-3-4-12(18)8-13/h3-5,8,11,19,22H,6-7H2,1-2H3. The van der Waals surface area contributed by atoms with Crippen molar-refractivity contribution in [1.29, 1.82) is 0 Å². The highest BCUT2D eigenvalue weighted by Gasteiger charge is 2.32. The molecule has 1 aliphatic carbocycles. The number of benzene rings is 1. The molecule has 1 aliphatic rings. The molecule has 136 valence electrons. The summed E-state index contributed by atoms with van der Waals surface area (Å²) in [5.41, 5.74) is 1.52. The lowest BCUT2D eigenvalue weighted by Gasteiger charge is -2.09. The molecule has 0 radical (unpaired) electrons. The molecule has 0 atom stereocenters. The Morgan fingerprint density at radius 1 is 1.27 bits per heavy atom. The molecule has 0 amide bonds. The smallest absolute Gasteiger partial charge is 0.264 e. The van der Waals surface area contributed by atoms with Crippen LogP contribution in [-0.2, 0) is 10.0 Å². The van der Waals surface area contributed by atoms with Crippen LogP contribution >= 0.6 is 0 Å². The van der Waals surface area contributed by atoms with Crippen LogP contribution in [0.5, 0.6) is 0 Å². The maximum atomic E-state index is 13.4. The average Bonchev–Trinajstić information content (AvgIpc) is 3.20. The van der Waals surface area contributed by atoms with Gasteiger partial charge in [0.1, 0.15) is 10.7 Å². The van der Waals surface area contributed by atoms with Gasteiger partial charge in [0.2, 0.25) is 0 Å². The Labute approximate surface area is 149 Å². The number of aromatic nitrogens is 3. The highest BCUT2D eigenvalue weighted by Crippen LogP contribution is 2.40. The van der Waals surface area contributed by atoms with Crippen LogP contribution in [0.4, 0.5) is 10.1 Å². The molecular weight excluding hydrogens is 359 g/mol. The molecule has 9 heteroatoms. The summed E-state index contributed by atoms with van der Waals surface area (Å²) in [6.45, 7) is 3.39.